The number of ether oxygens (including phenoxy) is 2. The van der Waals surface area contributed by atoms with Gasteiger partial charge in [0, 0.05) is 12.1 Å². The van der Waals surface area contributed by atoms with Gasteiger partial charge in [-0.25, -0.2) is 9.59 Å². The van der Waals surface area contributed by atoms with E-state index in [1.165, 1.54) is 14.2 Å². The Hall–Kier alpha value is -1.46. The fourth-order valence-electron chi connectivity index (χ4n) is 2.19. The zero-order valence-corrected chi connectivity index (χ0v) is 10.5. The Morgan fingerprint density at radius 2 is 1.41 bits per heavy atom. The maximum atomic E-state index is 11.2. The molecule has 1 aliphatic rings. The molecule has 1 saturated carbocycles. The van der Waals surface area contributed by atoms with Crippen LogP contribution in [0.1, 0.15) is 26.2 Å². The van der Waals surface area contributed by atoms with Gasteiger partial charge >= 0.3 is 12.2 Å². The molecule has 0 bridgehead atoms. The molecule has 0 aromatic carbocycles. The van der Waals surface area contributed by atoms with Gasteiger partial charge in [-0.15, -0.1) is 0 Å². The van der Waals surface area contributed by atoms with Gasteiger partial charge in [0.05, 0.1) is 14.2 Å². The van der Waals surface area contributed by atoms with Crippen LogP contribution in [0.2, 0.25) is 0 Å². The summed E-state index contributed by atoms with van der Waals surface area (Å²) in [5.41, 5.74) is 0. The summed E-state index contributed by atoms with van der Waals surface area (Å²) in [4.78, 5) is 22.3. The molecule has 0 aromatic rings. The first-order valence-corrected chi connectivity index (χ1v) is 5.77. The fourth-order valence-corrected chi connectivity index (χ4v) is 2.19. The minimum absolute atomic E-state index is 0.0263. The number of alkyl carbamates (subject to hydrolysis) is 2. The summed E-state index contributed by atoms with van der Waals surface area (Å²) in [7, 11) is 2.68. The number of carbonyl (C=O) groups is 2. The predicted octanol–water partition coefficient (Wildman–Crippen LogP) is 1.26. The second kappa shape index (κ2) is 6.32. The summed E-state index contributed by atoms with van der Waals surface area (Å²) in [6, 6.07) is 0.0525. The highest BCUT2D eigenvalue weighted by molar-refractivity contribution is 5.68. The highest BCUT2D eigenvalue weighted by Crippen LogP contribution is 2.24. The first-order chi connectivity index (χ1) is 8.08. The molecule has 0 aromatic heterocycles. The lowest BCUT2D eigenvalue weighted by molar-refractivity contribution is 0.138. The van der Waals surface area contributed by atoms with Crippen molar-refractivity contribution in [2.45, 2.75) is 38.3 Å². The van der Waals surface area contributed by atoms with Gasteiger partial charge in [0.15, 0.2) is 0 Å². The van der Waals surface area contributed by atoms with Gasteiger partial charge < -0.3 is 20.1 Å². The summed E-state index contributed by atoms with van der Waals surface area (Å²) in [6.07, 6.45) is 1.89. The van der Waals surface area contributed by atoms with Crippen molar-refractivity contribution >= 4 is 12.2 Å². The SMILES string of the molecule is COC(=O)NC1CCCC(NC(=O)OC)C1C. The number of carbonyl (C=O) groups excluding carboxylic acids is 2. The molecular weight excluding hydrogens is 224 g/mol. The summed E-state index contributed by atoms with van der Waals surface area (Å²) < 4.78 is 9.15. The van der Waals surface area contributed by atoms with Crippen LogP contribution in [0.5, 0.6) is 0 Å². The molecule has 0 heterocycles. The number of amides is 2. The average molecular weight is 244 g/mol. The van der Waals surface area contributed by atoms with Crippen LogP contribution in [-0.4, -0.2) is 38.5 Å². The zero-order chi connectivity index (χ0) is 12.8. The van der Waals surface area contributed by atoms with Crippen molar-refractivity contribution in [3.8, 4) is 0 Å². The molecular formula is C11H20N2O4. The molecule has 2 unspecified atom stereocenters. The quantitative estimate of drug-likeness (QED) is 0.766. The van der Waals surface area contributed by atoms with E-state index in [1.54, 1.807) is 0 Å². The molecule has 1 fully saturated rings. The number of hydrogen-bond acceptors (Lipinski definition) is 4. The van der Waals surface area contributed by atoms with Crippen molar-refractivity contribution in [3.63, 3.8) is 0 Å². The maximum absolute atomic E-state index is 11.2. The van der Waals surface area contributed by atoms with E-state index in [0.717, 1.165) is 19.3 Å². The van der Waals surface area contributed by atoms with E-state index in [0.29, 0.717) is 0 Å². The Morgan fingerprint density at radius 1 is 1.00 bits per heavy atom. The molecule has 0 saturated heterocycles. The van der Waals surface area contributed by atoms with Gasteiger partial charge in [0.1, 0.15) is 0 Å². The normalized spacial score (nSPS) is 28.1. The monoisotopic (exact) mass is 244 g/mol. The van der Waals surface area contributed by atoms with Crippen LogP contribution in [0.3, 0.4) is 0 Å². The number of nitrogens with one attached hydrogen (secondary N) is 2. The van der Waals surface area contributed by atoms with Gasteiger partial charge in [-0.3, -0.25) is 0 Å². The van der Waals surface area contributed by atoms with Crippen LogP contribution >= 0.6 is 0 Å². The second-order valence-corrected chi connectivity index (χ2v) is 4.27. The van der Waals surface area contributed by atoms with E-state index in [9.17, 15) is 9.59 Å². The van der Waals surface area contributed by atoms with Crippen LogP contribution in [0.25, 0.3) is 0 Å². The van der Waals surface area contributed by atoms with Crippen molar-refractivity contribution in [1.82, 2.24) is 10.6 Å². The van der Waals surface area contributed by atoms with Crippen molar-refractivity contribution in [2.24, 2.45) is 5.92 Å². The third-order valence-electron chi connectivity index (χ3n) is 3.28. The Morgan fingerprint density at radius 3 is 1.76 bits per heavy atom. The average Bonchev–Trinajstić information content (AvgIpc) is 2.33. The topological polar surface area (TPSA) is 76.7 Å². The van der Waals surface area contributed by atoms with Gasteiger partial charge in [-0.1, -0.05) is 6.92 Å². The second-order valence-electron chi connectivity index (χ2n) is 4.27. The molecule has 17 heavy (non-hydrogen) atoms. The highest BCUT2D eigenvalue weighted by atomic mass is 16.5. The number of methoxy groups -OCH3 is 2. The van der Waals surface area contributed by atoms with Gasteiger partial charge in [0.25, 0.3) is 0 Å². The molecule has 2 amide bonds. The standard InChI is InChI=1S/C11H20N2O4/c1-7-8(12-10(14)16-2)5-4-6-9(7)13-11(15)17-3/h7-9H,4-6H2,1-3H3,(H,12,14)(H,13,15). The smallest absolute Gasteiger partial charge is 0.407 e. The van der Waals surface area contributed by atoms with Crippen molar-refractivity contribution in [2.75, 3.05) is 14.2 Å². The molecule has 98 valence electrons. The van der Waals surface area contributed by atoms with E-state index in [2.05, 4.69) is 20.1 Å². The minimum atomic E-state index is -0.430. The van der Waals surface area contributed by atoms with Gasteiger partial charge in [-0.2, -0.15) is 0 Å². The van der Waals surface area contributed by atoms with Crippen LogP contribution in [0.4, 0.5) is 9.59 Å². The molecule has 0 spiro atoms. The molecule has 0 aliphatic heterocycles. The largest absolute Gasteiger partial charge is 0.453 e. The Bertz CT molecular complexity index is 257. The summed E-state index contributed by atoms with van der Waals surface area (Å²) in [5, 5.41) is 5.57. The van der Waals surface area contributed by atoms with E-state index in [-0.39, 0.29) is 18.0 Å². The Kier molecular flexibility index (Phi) is 5.06. The number of rotatable bonds is 2. The van der Waals surface area contributed by atoms with Gasteiger partial charge in [-0.05, 0) is 25.2 Å². The third kappa shape index (κ3) is 3.80. The van der Waals surface area contributed by atoms with Crippen molar-refractivity contribution in [3.05, 3.63) is 0 Å². The third-order valence-corrected chi connectivity index (χ3v) is 3.28. The summed E-state index contributed by atoms with van der Waals surface area (Å²) in [5.74, 6) is 0.155. The van der Waals surface area contributed by atoms with Crippen molar-refractivity contribution < 1.29 is 19.1 Å². The zero-order valence-electron chi connectivity index (χ0n) is 10.5. The molecule has 2 N–H and O–H groups in total. The highest BCUT2D eigenvalue weighted by Gasteiger charge is 2.32. The first kappa shape index (κ1) is 13.6. The fraction of sp³-hybridized carbons (Fsp3) is 0.818. The molecule has 6 heteroatoms. The molecule has 0 radical (unpaired) electrons. The predicted molar refractivity (Wildman–Crippen MR) is 61.7 cm³/mol. The number of hydrogen-bond donors (Lipinski definition) is 2. The lowest BCUT2D eigenvalue weighted by Gasteiger charge is -2.36. The molecule has 2 atom stereocenters. The minimum Gasteiger partial charge on any atom is -0.453 e. The summed E-state index contributed by atoms with van der Waals surface area (Å²) in [6.45, 7) is 2.00. The van der Waals surface area contributed by atoms with Gasteiger partial charge in [0.2, 0.25) is 0 Å². The van der Waals surface area contributed by atoms with Crippen LogP contribution in [-0.2, 0) is 9.47 Å². The maximum Gasteiger partial charge on any atom is 0.407 e. The van der Waals surface area contributed by atoms with Crippen LogP contribution in [0.15, 0.2) is 0 Å². The molecule has 6 nitrogen and oxygen atoms in total. The van der Waals surface area contributed by atoms with E-state index in [1.807, 2.05) is 6.92 Å². The van der Waals surface area contributed by atoms with E-state index < -0.39 is 12.2 Å². The Balaban J connectivity index is 2.52. The van der Waals surface area contributed by atoms with Crippen LogP contribution in [0, 0.1) is 5.92 Å². The first-order valence-electron chi connectivity index (χ1n) is 5.77. The van der Waals surface area contributed by atoms with Crippen LogP contribution < -0.4 is 10.6 Å². The van der Waals surface area contributed by atoms with Crippen molar-refractivity contribution in [1.29, 1.82) is 0 Å². The van der Waals surface area contributed by atoms with E-state index >= 15 is 0 Å². The lowest BCUT2D eigenvalue weighted by Crippen LogP contribution is -2.52. The molecule has 1 aliphatic carbocycles. The summed E-state index contributed by atoms with van der Waals surface area (Å²) >= 11 is 0. The Labute approximate surface area is 101 Å². The lowest BCUT2D eigenvalue weighted by atomic mass is 9.82. The molecule has 1 rings (SSSR count). The van der Waals surface area contributed by atoms with E-state index in [4.69, 9.17) is 0 Å².